The summed E-state index contributed by atoms with van der Waals surface area (Å²) in [5, 5.41) is 32.5. The van der Waals surface area contributed by atoms with Gasteiger partial charge in [0.25, 0.3) is 0 Å². The van der Waals surface area contributed by atoms with Gasteiger partial charge in [0.05, 0.1) is 13.5 Å². The number of carbonyl (C=O) groups excluding carboxylic acids is 3. The standard InChI is InChI=1S/C27H41N3O9S/c1-4-5-6-7-19(13-18(31)10-8-17-9-11-22(32)23(12-17)39-3)40-15-21(25(34)29-16(2)26(35)36)30-24(33)14-20(28)27(37)38/h9,11-12,16,19-21,32H,4-8,10,13-15,28H2,1-3H3,(H,29,34)(H,30,33)(H,35,36)(H,37,38)/t16-,19?,20-,21-/m0/s1. The molecule has 0 radical (unpaired) electrons. The molecule has 0 saturated heterocycles. The van der Waals surface area contributed by atoms with Gasteiger partial charge in [-0.3, -0.25) is 24.0 Å². The van der Waals surface area contributed by atoms with Gasteiger partial charge < -0.3 is 36.4 Å². The molecule has 224 valence electrons. The van der Waals surface area contributed by atoms with Crippen molar-refractivity contribution in [2.24, 2.45) is 5.73 Å². The second-order valence-corrected chi connectivity index (χ2v) is 10.9. The highest BCUT2D eigenvalue weighted by Crippen LogP contribution is 2.27. The van der Waals surface area contributed by atoms with Gasteiger partial charge in [0.1, 0.15) is 23.9 Å². The molecule has 2 amide bonds. The zero-order valence-electron chi connectivity index (χ0n) is 23.2. The molecule has 0 aromatic heterocycles. The molecule has 0 heterocycles. The van der Waals surface area contributed by atoms with Crippen LogP contribution < -0.4 is 21.1 Å². The Morgan fingerprint density at radius 3 is 2.35 bits per heavy atom. The summed E-state index contributed by atoms with van der Waals surface area (Å²) in [4.78, 5) is 60.2. The van der Waals surface area contributed by atoms with Crippen molar-refractivity contribution in [3.63, 3.8) is 0 Å². The van der Waals surface area contributed by atoms with Gasteiger partial charge in [0, 0.05) is 23.8 Å². The number of benzene rings is 1. The molecular formula is C27H41N3O9S. The first kappa shape index (κ1) is 34.7. The Hall–Kier alpha value is -3.32. The molecular weight excluding hydrogens is 542 g/mol. The zero-order valence-corrected chi connectivity index (χ0v) is 24.0. The number of thioether (sulfide) groups is 1. The molecule has 1 unspecified atom stereocenters. The minimum absolute atomic E-state index is 0.0120. The number of Topliss-reactive ketones (excluding diaryl/α,β-unsaturated/α-hetero) is 1. The number of ketones is 1. The molecule has 1 aromatic carbocycles. The number of ether oxygens (including phenoxy) is 1. The first-order valence-electron chi connectivity index (χ1n) is 13.2. The van der Waals surface area contributed by atoms with Crippen LogP contribution >= 0.6 is 11.8 Å². The van der Waals surface area contributed by atoms with Crippen molar-refractivity contribution in [3.8, 4) is 11.5 Å². The van der Waals surface area contributed by atoms with Crippen molar-refractivity contribution in [2.45, 2.75) is 88.6 Å². The Morgan fingerprint density at radius 2 is 1.75 bits per heavy atom. The number of phenolic OH excluding ortho intramolecular Hbond substituents is 1. The Balaban J connectivity index is 2.90. The van der Waals surface area contributed by atoms with Crippen molar-refractivity contribution in [2.75, 3.05) is 12.9 Å². The smallest absolute Gasteiger partial charge is 0.325 e. The van der Waals surface area contributed by atoms with Gasteiger partial charge in [0.15, 0.2) is 11.5 Å². The van der Waals surface area contributed by atoms with E-state index in [1.807, 2.05) is 0 Å². The molecule has 7 N–H and O–H groups in total. The first-order chi connectivity index (χ1) is 18.9. The number of rotatable bonds is 20. The number of nitrogens with two attached hydrogens (primary N) is 1. The topological polar surface area (TPSA) is 205 Å². The molecule has 0 aliphatic rings. The third-order valence-electron chi connectivity index (χ3n) is 6.12. The summed E-state index contributed by atoms with van der Waals surface area (Å²) in [6, 6.07) is 1.08. The lowest BCUT2D eigenvalue weighted by molar-refractivity contribution is -0.142. The number of carboxylic acid groups (broad SMARTS) is 2. The average Bonchev–Trinajstić information content (AvgIpc) is 2.89. The second-order valence-electron chi connectivity index (χ2n) is 9.54. The number of aryl methyl sites for hydroxylation is 1. The summed E-state index contributed by atoms with van der Waals surface area (Å²) < 4.78 is 5.11. The SMILES string of the molecule is CCCCCC(CC(=O)CCc1ccc(O)c(OC)c1)SC[C@H](NC(=O)C[C@H](N)C(=O)O)C(=O)N[C@@H](C)C(=O)O. The summed E-state index contributed by atoms with van der Waals surface area (Å²) in [7, 11) is 1.45. The number of unbranched alkanes of at least 4 members (excludes halogenated alkanes) is 2. The third kappa shape index (κ3) is 13.2. The molecule has 0 aliphatic heterocycles. The van der Waals surface area contributed by atoms with Gasteiger partial charge in [-0.05, 0) is 37.5 Å². The number of carboxylic acids is 2. The van der Waals surface area contributed by atoms with Gasteiger partial charge in [-0.25, -0.2) is 0 Å². The molecule has 1 rings (SSSR count). The normalized spacial score (nSPS) is 13.9. The molecule has 0 spiro atoms. The largest absolute Gasteiger partial charge is 0.504 e. The van der Waals surface area contributed by atoms with Gasteiger partial charge in [0.2, 0.25) is 11.8 Å². The number of phenols is 1. The van der Waals surface area contributed by atoms with E-state index in [0.717, 1.165) is 24.8 Å². The monoisotopic (exact) mass is 583 g/mol. The molecule has 0 aliphatic carbocycles. The van der Waals surface area contributed by atoms with E-state index in [-0.39, 0.29) is 35.4 Å². The van der Waals surface area contributed by atoms with Crippen LogP contribution in [-0.4, -0.2) is 81.1 Å². The van der Waals surface area contributed by atoms with Crippen molar-refractivity contribution in [3.05, 3.63) is 23.8 Å². The maximum Gasteiger partial charge on any atom is 0.325 e. The van der Waals surface area contributed by atoms with Crippen LogP contribution in [0.3, 0.4) is 0 Å². The van der Waals surface area contributed by atoms with E-state index < -0.39 is 48.3 Å². The van der Waals surface area contributed by atoms with Gasteiger partial charge >= 0.3 is 11.9 Å². The average molecular weight is 584 g/mol. The molecule has 0 saturated carbocycles. The Labute approximate surface area is 238 Å². The van der Waals surface area contributed by atoms with E-state index in [1.54, 1.807) is 12.1 Å². The van der Waals surface area contributed by atoms with Crippen molar-refractivity contribution >= 4 is 41.3 Å². The van der Waals surface area contributed by atoms with E-state index in [1.165, 1.54) is 31.9 Å². The van der Waals surface area contributed by atoms with Crippen LogP contribution in [0.1, 0.15) is 64.4 Å². The number of amides is 2. The summed E-state index contributed by atoms with van der Waals surface area (Å²) in [5.41, 5.74) is 6.27. The lowest BCUT2D eigenvalue weighted by Crippen LogP contribution is -2.53. The van der Waals surface area contributed by atoms with Crippen molar-refractivity contribution < 1.29 is 44.0 Å². The quantitative estimate of drug-likeness (QED) is 0.122. The van der Waals surface area contributed by atoms with Gasteiger partial charge in [-0.15, -0.1) is 0 Å². The van der Waals surface area contributed by atoms with Crippen molar-refractivity contribution in [1.82, 2.24) is 10.6 Å². The predicted molar refractivity (Wildman–Crippen MR) is 150 cm³/mol. The highest BCUT2D eigenvalue weighted by atomic mass is 32.2. The van der Waals surface area contributed by atoms with Crippen LogP contribution in [0.4, 0.5) is 0 Å². The minimum Gasteiger partial charge on any atom is -0.504 e. The van der Waals surface area contributed by atoms with Crippen LogP contribution in [0, 0.1) is 0 Å². The fourth-order valence-corrected chi connectivity index (χ4v) is 5.05. The summed E-state index contributed by atoms with van der Waals surface area (Å²) in [6.45, 7) is 3.34. The Kier molecular flexibility index (Phi) is 15.7. The number of hydrogen-bond donors (Lipinski definition) is 6. The fourth-order valence-electron chi connectivity index (χ4n) is 3.71. The van der Waals surface area contributed by atoms with Gasteiger partial charge in [-0.1, -0.05) is 32.3 Å². The lowest BCUT2D eigenvalue weighted by atomic mass is 10.0. The maximum atomic E-state index is 12.9. The van der Waals surface area contributed by atoms with E-state index >= 15 is 0 Å². The van der Waals surface area contributed by atoms with Crippen LogP contribution in [0.2, 0.25) is 0 Å². The summed E-state index contributed by atoms with van der Waals surface area (Å²) in [5.74, 6) is -3.73. The molecule has 40 heavy (non-hydrogen) atoms. The molecule has 0 fully saturated rings. The number of nitrogens with one attached hydrogen (secondary N) is 2. The van der Waals surface area contributed by atoms with E-state index in [0.29, 0.717) is 18.6 Å². The zero-order chi connectivity index (χ0) is 30.2. The predicted octanol–water partition coefficient (Wildman–Crippen LogP) is 1.85. The van der Waals surface area contributed by atoms with Crippen LogP contribution in [0.15, 0.2) is 18.2 Å². The molecule has 12 nitrogen and oxygen atoms in total. The number of carbonyl (C=O) groups is 5. The van der Waals surface area contributed by atoms with E-state index in [4.69, 9.17) is 20.7 Å². The fraction of sp³-hybridized carbons (Fsp3) is 0.593. The van der Waals surface area contributed by atoms with Crippen LogP contribution in [0.25, 0.3) is 0 Å². The molecule has 13 heteroatoms. The molecule has 0 bridgehead atoms. The molecule has 4 atom stereocenters. The lowest BCUT2D eigenvalue weighted by Gasteiger charge is -2.23. The van der Waals surface area contributed by atoms with Gasteiger partial charge in [-0.2, -0.15) is 11.8 Å². The number of aliphatic carboxylic acids is 2. The second kappa shape index (κ2) is 18.1. The third-order valence-corrected chi connectivity index (χ3v) is 7.52. The molecule has 1 aromatic rings. The highest BCUT2D eigenvalue weighted by Gasteiger charge is 2.27. The number of methoxy groups -OCH3 is 1. The summed E-state index contributed by atoms with van der Waals surface area (Å²) >= 11 is 1.32. The minimum atomic E-state index is -1.46. The van der Waals surface area contributed by atoms with Crippen LogP contribution in [0.5, 0.6) is 11.5 Å². The highest BCUT2D eigenvalue weighted by molar-refractivity contribution is 8.00. The first-order valence-corrected chi connectivity index (χ1v) is 14.2. The van der Waals surface area contributed by atoms with Crippen molar-refractivity contribution in [1.29, 1.82) is 0 Å². The Morgan fingerprint density at radius 1 is 1.05 bits per heavy atom. The summed E-state index contributed by atoms with van der Waals surface area (Å²) in [6.07, 6.45) is 3.91. The number of aromatic hydroxyl groups is 1. The van der Waals surface area contributed by atoms with E-state index in [2.05, 4.69) is 17.6 Å². The maximum absolute atomic E-state index is 12.9. The Bertz CT molecular complexity index is 1020. The number of hydrogen-bond acceptors (Lipinski definition) is 9. The van der Waals surface area contributed by atoms with E-state index in [9.17, 15) is 29.1 Å². The van der Waals surface area contributed by atoms with Crippen LogP contribution in [-0.2, 0) is 30.4 Å².